The molecule has 0 aromatic heterocycles. The van der Waals surface area contributed by atoms with E-state index >= 15 is 0 Å². The number of benzene rings is 2. The number of hydrogen-bond acceptors (Lipinski definition) is 1. The summed E-state index contributed by atoms with van der Waals surface area (Å²) in [5.74, 6) is 0.145. The highest BCUT2D eigenvalue weighted by molar-refractivity contribution is 5.94. The number of allylic oxidation sites excluding steroid dienone is 5. The van der Waals surface area contributed by atoms with E-state index in [0.29, 0.717) is 12.1 Å². The van der Waals surface area contributed by atoms with E-state index in [1.54, 1.807) is 6.20 Å². The molecule has 0 unspecified atom stereocenters. The fraction of sp³-hybridized carbons (Fsp3) is 0.345. The fourth-order valence-electron chi connectivity index (χ4n) is 3.74. The number of rotatable bonds is 8. The number of aryl methyl sites for hydroxylation is 1. The summed E-state index contributed by atoms with van der Waals surface area (Å²) in [4.78, 5) is 4.37. The van der Waals surface area contributed by atoms with Gasteiger partial charge in [0.15, 0.2) is 0 Å². The van der Waals surface area contributed by atoms with Gasteiger partial charge in [0.2, 0.25) is 0 Å². The van der Waals surface area contributed by atoms with Crippen LogP contribution in [-0.2, 0) is 18.8 Å². The SMILES string of the molecule is CC\C=C(C(=C/N=C(C)Nc1cc(C(F)(F)F)cc(C(F)(F)F)c1)/C(C)=C/CC)\c1ccc(CC)cc1. The zero-order valence-corrected chi connectivity index (χ0v) is 21.6. The summed E-state index contributed by atoms with van der Waals surface area (Å²) in [5, 5.41) is 2.59. The van der Waals surface area contributed by atoms with Crippen molar-refractivity contribution in [2.24, 2.45) is 4.99 Å². The molecule has 37 heavy (non-hydrogen) atoms. The average molecular weight is 523 g/mol. The lowest BCUT2D eigenvalue weighted by atomic mass is 9.91. The molecular weight excluding hydrogens is 490 g/mol. The number of nitrogens with zero attached hydrogens (tertiary/aromatic N) is 1. The number of hydrogen-bond donors (Lipinski definition) is 1. The second kappa shape index (κ2) is 12.8. The zero-order chi connectivity index (χ0) is 27.8. The topological polar surface area (TPSA) is 24.4 Å². The number of halogens is 6. The van der Waals surface area contributed by atoms with Crippen molar-refractivity contribution in [2.45, 2.75) is 66.2 Å². The molecule has 0 spiro atoms. The van der Waals surface area contributed by atoms with Gasteiger partial charge >= 0.3 is 12.4 Å². The Balaban J connectivity index is 2.53. The molecule has 8 heteroatoms. The second-order valence-corrected chi connectivity index (χ2v) is 8.55. The van der Waals surface area contributed by atoms with Gasteiger partial charge in [0, 0.05) is 17.5 Å². The predicted octanol–water partition coefficient (Wildman–Crippen LogP) is 9.85. The van der Waals surface area contributed by atoms with Gasteiger partial charge in [-0.15, -0.1) is 0 Å². The van der Waals surface area contributed by atoms with Crippen molar-refractivity contribution in [3.05, 3.63) is 94.2 Å². The molecule has 2 aromatic rings. The predicted molar refractivity (Wildman–Crippen MR) is 139 cm³/mol. The van der Waals surface area contributed by atoms with Crippen LogP contribution < -0.4 is 5.32 Å². The largest absolute Gasteiger partial charge is 0.416 e. The summed E-state index contributed by atoms with van der Waals surface area (Å²) in [7, 11) is 0. The first-order valence-electron chi connectivity index (χ1n) is 12.1. The van der Waals surface area contributed by atoms with Crippen molar-refractivity contribution in [3.63, 3.8) is 0 Å². The van der Waals surface area contributed by atoms with Gasteiger partial charge in [-0.25, -0.2) is 4.99 Å². The second-order valence-electron chi connectivity index (χ2n) is 8.55. The summed E-state index contributed by atoms with van der Waals surface area (Å²) < 4.78 is 79.3. The van der Waals surface area contributed by atoms with Gasteiger partial charge in [-0.3, -0.25) is 0 Å². The summed E-state index contributed by atoms with van der Waals surface area (Å²) in [6.45, 7) is 9.52. The zero-order valence-electron chi connectivity index (χ0n) is 21.6. The molecule has 0 aliphatic heterocycles. The molecule has 2 nitrogen and oxygen atoms in total. The van der Waals surface area contributed by atoms with Gasteiger partial charge in [0.1, 0.15) is 5.84 Å². The van der Waals surface area contributed by atoms with Crippen LogP contribution >= 0.6 is 0 Å². The van der Waals surface area contributed by atoms with Gasteiger partial charge in [0.05, 0.1) is 11.1 Å². The maximum absolute atomic E-state index is 13.2. The van der Waals surface area contributed by atoms with Crippen molar-refractivity contribution in [1.29, 1.82) is 0 Å². The average Bonchev–Trinajstić information content (AvgIpc) is 2.82. The van der Waals surface area contributed by atoms with Crippen LogP contribution in [0.4, 0.5) is 32.0 Å². The Morgan fingerprint density at radius 1 is 0.811 bits per heavy atom. The smallest absolute Gasteiger partial charge is 0.344 e. The van der Waals surface area contributed by atoms with E-state index in [2.05, 4.69) is 35.4 Å². The monoisotopic (exact) mass is 522 g/mol. The Morgan fingerprint density at radius 2 is 1.35 bits per heavy atom. The molecular formula is C29H32F6N2. The van der Waals surface area contributed by atoms with Gasteiger partial charge in [-0.05, 0) is 73.6 Å². The van der Waals surface area contributed by atoms with Crippen LogP contribution in [0.25, 0.3) is 5.57 Å². The first kappa shape index (κ1) is 29.9. The molecule has 0 amide bonds. The highest BCUT2D eigenvalue weighted by Crippen LogP contribution is 2.37. The molecule has 0 saturated carbocycles. The first-order chi connectivity index (χ1) is 17.3. The first-order valence-corrected chi connectivity index (χ1v) is 12.1. The molecule has 200 valence electrons. The van der Waals surface area contributed by atoms with Crippen molar-refractivity contribution in [1.82, 2.24) is 0 Å². The maximum atomic E-state index is 13.2. The van der Waals surface area contributed by atoms with Crippen molar-refractivity contribution >= 4 is 17.1 Å². The van der Waals surface area contributed by atoms with Gasteiger partial charge in [0.25, 0.3) is 0 Å². The van der Waals surface area contributed by atoms with E-state index in [9.17, 15) is 26.3 Å². The van der Waals surface area contributed by atoms with Gasteiger partial charge in [-0.2, -0.15) is 26.3 Å². The number of amidine groups is 1. The summed E-state index contributed by atoms with van der Waals surface area (Å²) in [5.41, 5.74) is 1.77. The van der Waals surface area contributed by atoms with E-state index in [0.717, 1.165) is 41.5 Å². The Labute approximate surface area is 214 Å². The molecule has 0 heterocycles. The molecule has 0 saturated heterocycles. The van der Waals surface area contributed by atoms with Crippen molar-refractivity contribution in [2.75, 3.05) is 5.32 Å². The fourth-order valence-corrected chi connectivity index (χ4v) is 3.74. The van der Waals surface area contributed by atoms with Gasteiger partial charge in [-0.1, -0.05) is 57.2 Å². The Hall–Kier alpha value is -3.29. The van der Waals surface area contributed by atoms with Crippen LogP contribution in [0.5, 0.6) is 0 Å². The normalized spacial score (nSPS) is 14.2. The van der Waals surface area contributed by atoms with Crippen LogP contribution in [-0.4, -0.2) is 5.84 Å². The van der Waals surface area contributed by atoms with Crippen molar-refractivity contribution in [3.8, 4) is 0 Å². The molecule has 2 rings (SSSR count). The molecule has 0 radical (unpaired) electrons. The van der Waals surface area contributed by atoms with Crippen LogP contribution in [0, 0.1) is 0 Å². The third kappa shape index (κ3) is 8.65. The minimum Gasteiger partial charge on any atom is -0.344 e. The summed E-state index contributed by atoms with van der Waals surface area (Å²) >= 11 is 0. The molecule has 0 fully saturated rings. The minimum atomic E-state index is -4.93. The maximum Gasteiger partial charge on any atom is 0.416 e. The highest BCUT2D eigenvalue weighted by Gasteiger charge is 2.37. The van der Waals surface area contributed by atoms with E-state index in [-0.39, 0.29) is 17.6 Å². The van der Waals surface area contributed by atoms with E-state index in [1.807, 2.05) is 39.0 Å². The van der Waals surface area contributed by atoms with Crippen LogP contribution in [0.3, 0.4) is 0 Å². The molecule has 1 N–H and O–H groups in total. The summed E-state index contributed by atoms with van der Waals surface area (Å²) in [6, 6.07) is 9.54. The Kier molecular flexibility index (Phi) is 10.3. The molecule has 0 aliphatic carbocycles. The number of anilines is 1. The number of nitrogens with one attached hydrogen (secondary N) is 1. The molecule has 0 bridgehead atoms. The lowest BCUT2D eigenvalue weighted by Gasteiger charge is -2.16. The lowest BCUT2D eigenvalue weighted by molar-refractivity contribution is -0.143. The van der Waals surface area contributed by atoms with Gasteiger partial charge < -0.3 is 5.32 Å². The van der Waals surface area contributed by atoms with Crippen LogP contribution in [0.15, 0.2) is 77.0 Å². The van der Waals surface area contributed by atoms with E-state index in [4.69, 9.17) is 0 Å². The quantitative estimate of drug-likeness (QED) is 0.159. The summed E-state index contributed by atoms with van der Waals surface area (Å²) in [6.07, 6.45) is -1.70. The van der Waals surface area contributed by atoms with E-state index in [1.165, 1.54) is 12.5 Å². The Morgan fingerprint density at radius 3 is 1.81 bits per heavy atom. The van der Waals surface area contributed by atoms with Crippen molar-refractivity contribution < 1.29 is 26.3 Å². The van der Waals surface area contributed by atoms with Crippen LogP contribution in [0.1, 0.15) is 69.7 Å². The molecule has 0 atom stereocenters. The third-order valence-electron chi connectivity index (χ3n) is 5.61. The standard InChI is InChI=1S/C29H32F6N2/c1-6-9-19(4)27(26(10-7-2)22-13-11-21(8-3)12-14-22)18-36-20(5)37-25-16-23(28(30,31)32)15-24(17-25)29(33,34)35/h9-18H,6-8H2,1-5H3,(H,36,37)/b19-9+,26-10-,27-18+. The van der Waals surface area contributed by atoms with E-state index < -0.39 is 23.5 Å². The number of alkyl halides is 6. The van der Waals surface area contributed by atoms with Crippen LogP contribution in [0.2, 0.25) is 0 Å². The molecule has 0 aliphatic rings. The minimum absolute atomic E-state index is 0.0974. The molecule has 2 aromatic carbocycles. The number of aliphatic imine (C=N–C) groups is 1. The third-order valence-corrected chi connectivity index (χ3v) is 5.61. The highest BCUT2D eigenvalue weighted by atomic mass is 19.4. The Bertz CT molecular complexity index is 1150. The lowest BCUT2D eigenvalue weighted by Crippen LogP contribution is -2.14.